The number of carboxylic acids is 1. The van der Waals surface area contributed by atoms with Gasteiger partial charge in [-0.05, 0) is 42.8 Å². The number of aliphatic carboxylic acids is 1. The molecule has 1 N–H and O–H groups in total. The molecule has 0 aliphatic rings. The average molecular weight is 423 g/mol. The lowest BCUT2D eigenvalue weighted by atomic mass is 10.1. The van der Waals surface area contributed by atoms with Gasteiger partial charge in [0, 0.05) is 30.5 Å². The fourth-order valence-electron chi connectivity index (χ4n) is 2.80. The van der Waals surface area contributed by atoms with E-state index in [2.05, 4.69) is 9.97 Å². The number of nitriles is 1. The Kier molecular flexibility index (Phi) is 7.49. The van der Waals surface area contributed by atoms with Crippen molar-refractivity contribution < 1.29 is 19.4 Å². The molecular formula is C22H21N3O4S. The standard InChI is InChI=1S/C22H21N3O4S/c1-2-28-19(22(26)27)13-15-3-5-17(6-4-15)29-12-10-18-7-8-20(30-18)21-24-11-9-16(14-23)25-21/h3-9,11,19H,2,10,12-13H2,1H3,(H,26,27). The summed E-state index contributed by atoms with van der Waals surface area (Å²) in [6, 6.07) is 14.9. The van der Waals surface area contributed by atoms with Crippen molar-refractivity contribution in [1.29, 1.82) is 5.26 Å². The van der Waals surface area contributed by atoms with Gasteiger partial charge in [0.1, 0.15) is 17.5 Å². The number of rotatable bonds is 10. The minimum Gasteiger partial charge on any atom is -0.493 e. The van der Waals surface area contributed by atoms with Crippen LogP contribution in [0, 0.1) is 11.3 Å². The predicted molar refractivity (Wildman–Crippen MR) is 112 cm³/mol. The van der Waals surface area contributed by atoms with E-state index in [1.165, 1.54) is 0 Å². The van der Waals surface area contributed by atoms with Crippen molar-refractivity contribution in [3.05, 3.63) is 64.8 Å². The van der Waals surface area contributed by atoms with Gasteiger partial charge in [-0.3, -0.25) is 0 Å². The van der Waals surface area contributed by atoms with Crippen molar-refractivity contribution in [2.45, 2.75) is 25.9 Å². The smallest absolute Gasteiger partial charge is 0.333 e. The van der Waals surface area contributed by atoms with E-state index in [0.717, 1.165) is 27.5 Å². The molecule has 3 aromatic rings. The van der Waals surface area contributed by atoms with Crippen LogP contribution in [0.5, 0.6) is 5.75 Å². The lowest BCUT2D eigenvalue weighted by molar-refractivity contribution is -0.149. The first-order chi connectivity index (χ1) is 14.6. The molecule has 0 aliphatic heterocycles. The number of carboxylic acid groups (broad SMARTS) is 1. The summed E-state index contributed by atoms with van der Waals surface area (Å²) in [5, 5.41) is 18.1. The molecule has 7 nitrogen and oxygen atoms in total. The summed E-state index contributed by atoms with van der Waals surface area (Å²) in [5.41, 5.74) is 1.23. The minimum atomic E-state index is -0.961. The van der Waals surface area contributed by atoms with Gasteiger partial charge in [0.05, 0.1) is 11.5 Å². The normalized spacial score (nSPS) is 11.6. The second-order valence-corrected chi connectivity index (χ2v) is 7.54. The van der Waals surface area contributed by atoms with E-state index in [1.807, 2.05) is 42.5 Å². The van der Waals surface area contributed by atoms with Gasteiger partial charge < -0.3 is 14.6 Å². The molecule has 30 heavy (non-hydrogen) atoms. The molecule has 154 valence electrons. The zero-order valence-electron chi connectivity index (χ0n) is 16.4. The van der Waals surface area contributed by atoms with Crippen LogP contribution < -0.4 is 4.74 Å². The zero-order chi connectivity index (χ0) is 21.3. The Morgan fingerprint density at radius 1 is 1.23 bits per heavy atom. The van der Waals surface area contributed by atoms with Gasteiger partial charge in [0.25, 0.3) is 0 Å². The molecule has 0 saturated carbocycles. The topological polar surface area (TPSA) is 105 Å². The van der Waals surface area contributed by atoms with E-state index in [-0.39, 0.29) is 0 Å². The van der Waals surface area contributed by atoms with E-state index in [1.54, 1.807) is 30.5 Å². The van der Waals surface area contributed by atoms with E-state index in [0.29, 0.717) is 31.2 Å². The van der Waals surface area contributed by atoms with Crippen molar-refractivity contribution in [3.8, 4) is 22.5 Å². The first kappa shape index (κ1) is 21.4. The van der Waals surface area contributed by atoms with Gasteiger partial charge in [-0.2, -0.15) is 5.26 Å². The second-order valence-electron chi connectivity index (χ2n) is 6.37. The average Bonchev–Trinajstić information content (AvgIpc) is 3.23. The summed E-state index contributed by atoms with van der Waals surface area (Å²) in [7, 11) is 0. The molecule has 0 spiro atoms. The zero-order valence-corrected chi connectivity index (χ0v) is 17.3. The predicted octanol–water partition coefficient (Wildman–Crippen LogP) is 3.73. The van der Waals surface area contributed by atoms with Crippen molar-refractivity contribution >= 4 is 17.3 Å². The van der Waals surface area contributed by atoms with Gasteiger partial charge in [-0.25, -0.2) is 14.8 Å². The summed E-state index contributed by atoms with van der Waals surface area (Å²) in [5.74, 6) is 0.314. The maximum Gasteiger partial charge on any atom is 0.333 e. The largest absolute Gasteiger partial charge is 0.493 e. The van der Waals surface area contributed by atoms with Crippen molar-refractivity contribution in [1.82, 2.24) is 9.97 Å². The summed E-state index contributed by atoms with van der Waals surface area (Å²) in [6.07, 6.45) is 1.79. The highest BCUT2D eigenvalue weighted by Gasteiger charge is 2.17. The Morgan fingerprint density at radius 3 is 2.73 bits per heavy atom. The molecule has 0 saturated heterocycles. The number of ether oxygens (including phenoxy) is 2. The Bertz CT molecular complexity index is 1030. The van der Waals surface area contributed by atoms with Gasteiger partial charge in [0.15, 0.2) is 11.9 Å². The lowest BCUT2D eigenvalue weighted by Gasteiger charge is -2.12. The highest BCUT2D eigenvalue weighted by atomic mass is 32.1. The first-order valence-corrected chi connectivity index (χ1v) is 10.3. The number of nitrogens with zero attached hydrogens (tertiary/aromatic N) is 3. The van der Waals surface area contributed by atoms with Crippen LogP contribution in [-0.2, 0) is 22.4 Å². The Labute approximate surface area is 178 Å². The third-order valence-electron chi connectivity index (χ3n) is 4.26. The number of thiophene rings is 1. The van der Waals surface area contributed by atoms with E-state index in [9.17, 15) is 9.90 Å². The Morgan fingerprint density at radius 2 is 2.03 bits per heavy atom. The van der Waals surface area contributed by atoms with Crippen LogP contribution in [0.25, 0.3) is 10.7 Å². The third-order valence-corrected chi connectivity index (χ3v) is 5.40. The maximum absolute atomic E-state index is 11.2. The molecule has 1 unspecified atom stereocenters. The van der Waals surface area contributed by atoms with Crippen LogP contribution >= 0.6 is 11.3 Å². The van der Waals surface area contributed by atoms with Crippen LogP contribution in [0.2, 0.25) is 0 Å². The molecular weight excluding hydrogens is 402 g/mol. The van der Waals surface area contributed by atoms with Crippen LogP contribution in [0.1, 0.15) is 23.1 Å². The summed E-state index contributed by atoms with van der Waals surface area (Å²) >= 11 is 1.57. The monoisotopic (exact) mass is 423 g/mol. The maximum atomic E-state index is 11.2. The Balaban J connectivity index is 1.51. The number of aromatic nitrogens is 2. The lowest BCUT2D eigenvalue weighted by Crippen LogP contribution is -2.26. The highest BCUT2D eigenvalue weighted by Crippen LogP contribution is 2.26. The molecule has 0 amide bonds. The molecule has 2 aromatic heterocycles. The van der Waals surface area contributed by atoms with Crippen molar-refractivity contribution in [3.63, 3.8) is 0 Å². The van der Waals surface area contributed by atoms with Crippen LogP contribution in [0.3, 0.4) is 0 Å². The SMILES string of the molecule is CCOC(Cc1ccc(OCCc2ccc(-c3nccc(C#N)n3)s2)cc1)C(=O)O. The van der Waals surface area contributed by atoms with Crippen LogP contribution in [0.4, 0.5) is 0 Å². The molecule has 0 fully saturated rings. The second kappa shape index (κ2) is 10.5. The first-order valence-electron chi connectivity index (χ1n) is 9.47. The molecule has 0 aliphatic carbocycles. The number of carbonyl (C=O) groups is 1. The van der Waals surface area contributed by atoms with Crippen LogP contribution in [-0.4, -0.2) is 40.4 Å². The number of benzene rings is 1. The third kappa shape index (κ3) is 5.86. The van der Waals surface area contributed by atoms with E-state index < -0.39 is 12.1 Å². The summed E-state index contributed by atoms with van der Waals surface area (Å²) < 4.78 is 11.0. The van der Waals surface area contributed by atoms with Crippen molar-refractivity contribution in [2.75, 3.05) is 13.2 Å². The van der Waals surface area contributed by atoms with E-state index >= 15 is 0 Å². The molecule has 1 atom stereocenters. The summed E-state index contributed by atoms with van der Waals surface area (Å²) in [6.45, 7) is 2.65. The fourth-order valence-corrected chi connectivity index (χ4v) is 3.73. The number of hydrogen-bond acceptors (Lipinski definition) is 7. The van der Waals surface area contributed by atoms with Gasteiger partial charge in [0.2, 0.25) is 0 Å². The quantitative estimate of drug-likeness (QED) is 0.530. The summed E-state index contributed by atoms with van der Waals surface area (Å²) in [4.78, 5) is 21.7. The molecule has 2 heterocycles. The highest BCUT2D eigenvalue weighted by molar-refractivity contribution is 7.15. The van der Waals surface area contributed by atoms with Gasteiger partial charge >= 0.3 is 5.97 Å². The van der Waals surface area contributed by atoms with Gasteiger partial charge in [-0.15, -0.1) is 11.3 Å². The molecule has 0 bridgehead atoms. The molecule has 3 rings (SSSR count). The molecule has 1 aromatic carbocycles. The minimum absolute atomic E-state index is 0.316. The number of hydrogen-bond donors (Lipinski definition) is 1. The fraction of sp³-hybridized carbons (Fsp3) is 0.273. The van der Waals surface area contributed by atoms with Gasteiger partial charge in [-0.1, -0.05) is 12.1 Å². The molecule has 8 heteroatoms. The molecule has 0 radical (unpaired) electrons. The van der Waals surface area contributed by atoms with E-state index in [4.69, 9.17) is 14.7 Å². The van der Waals surface area contributed by atoms with Crippen LogP contribution in [0.15, 0.2) is 48.7 Å². The van der Waals surface area contributed by atoms with Crippen molar-refractivity contribution in [2.24, 2.45) is 0 Å². The Hall–Kier alpha value is -3.28.